The van der Waals surface area contributed by atoms with Crippen LogP contribution in [-0.4, -0.2) is 25.3 Å². The van der Waals surface area contributed by atoms with Gasteiger partial charge in [0.05, 0.1) is 13.7 Å². The van der Waals surface area contributed by atoms with Crippen LogP contribution >= 0.6 is 0 Å². The van der Waals surface area contributed by atoms with E-state index in [0.29, 0.717) is 19.0 Å². The van der Waals surface area contributed by atoms with Gasteiger partial charge in [0.1, 0.15) is 11.4 Å². The maximum absolute atomic E-state index is 5.41. The van der Waals surface area contributed by atoms with Gasteiger partial charge in [-0.25, -0.2) is 0 Å². The molecule has 0 bridgehead atoms. The van der Waals surface area contributed by atoms with Crippen molar-refractivity contribution < 1.29 is 9.26 Å². The molecule has 3 rings (SSSR count). The third kappa shape index (κ3) is 4.42. The van der Waals surface area contributed by atoms with Crippen LogP contribution in [0.2, 0.25) is 0 Å². The molecule has 0 fully saturated rings. The number of para-hydroxylation sites is 1. The third-order valence-corrected chi connectivity index (χ3v) is 3.92. The fraction of sp³-hybridized carbons (Fsp3) is 0.200. The Balaban J connectivity index is 1.55. The number of nitrogens with one attached hydrogen (secondary N) is 2. The lowest BCUT2D eigenvalue weighted by Crippen LogP contribution is -2.36. The van der Waals surface area contributed by atoms with Gasteiger partial charge < -0.3 is 19.9 Å². The molecule has 0 radical (unpaired) electrons. The van der Waals surface area contributed by atoms with Crippen molar-refractivity contribution in [3.63, 3.8) is 0 Å². The second-order valence-electron chi connectivity index (χ2n) is 5.64. The Hall–Kier alpha value is -3.28. The lowest BCUT2D eigenvalue weighted by Gasteiger charge is -2.12. The fourth-order valence-corrected chi connectivity index (χ4v) is 2.56. The number of rotatable bonds is 6. The van der Waals surface area contributed by atoms with Gasteiger partial charge >= 0.3 is 0 Å². The Bertz CT molecular complexity index is 859. The Morgan fingerprint density at radius 1 is 1.04 bits per heavy atom. The summed E-state index contributed by atoms with van der Waals surface area (Å²) in [4.78, 5) is 4.23. The predicted octanol–water partition coefficient (Wildman–Crippen LogP) is 3.22. The molecule has 0 aliphatic rings. The first-order valence-electron chi connectivity index (χ1n) is 8.37. The summed E-state index contributed by atoms with van der Waals surface area (Å²) in [6, 6.07) is 19.7. The number of ether oxygens (including phenoxy) is 1. The summed E-state index contributed by atoms with van der Waals surface area (Å²) in [5, 5.41) is 10.6. The first kappa shape index (κ1) is 17.5. The minimum absolute atomic E-state index is 0.516. The van der Waals surface area contributed by atoms with Crippen molar-refractivity contribution in [3.05, 3.63) is 71.9 Å². The second kappa shape index (κ2) is 8.71. The van der Waals surface area contributed by atoms with Crippen molar-refractivity contribution in [1.82, 2.24) is 15.8 Å². The van der Waals surface area contributed by atoms with E-state index in [-0.39, 0.29) is 0 Å². The molecule has 0 aliphatic heterocycles. The maximum atomic E-state index is 5.41. The number of hydrogen-bond donors (Lipinski definition) is 2. The summed E-state index contributed by atoms with van der Waals surface area (Å²) < 4.78 is 10.8. The minimum atomic E-state index is 0.516. The second-order valence-corrected chi connectivity index (χ2v) is 5.64. The van der Waals surface area contributed by atoms with Crippen molar-refractivity contribution in [2.75, 3.05) is 14.2 Å². The number of nitrogens with zero attached hydrogens (tertiary/aromatic N) is 2. The molecule has 0 amide bonds. The molecule has 2 aromatic carbocycles. The smallest absolute Gasteiger partial charge is 0.191 e. The number of aliphatic imine (C=N–C) groups is 1. The van der Waals surface area contributed by atoms with Crippen LogP contribution in [0, 0.1) is 0 Å². The lowest BCUT2D eigenvalue weighted by molar-refractivity contribution is 0.409. The van der Waals surface area contributed by atoms with E-state index in [9.17, 15) is 0 Å². The summed E-state index contributed by atoms with van der Waals surface area (Å²) in [6.45, 7) is 1.12. The molecule has 6 nitrogen and oxygen atoms in total. The van der Waals surface area contributed by atoms with E-state index in [0.717, 1.165) is 28.3 Å². The van der Waals surface area contributed by atoms with Crippen LogP contribution in [0.15, 0.2) is 70.2 Å². The quantitative estimate of drug-likeness (QED) is 0.528. The SMILES string of the molecule is CN=C(NCc1cc(-c2ccccc2)on1)NCc1ccccc1OC. The summed E-state index contributed by atoms with van der Waals surface area (Å²) in [7, 11) is 3.40. The van der Waals surface area contributed by atoms with Gasteiger partial charge in [0.25, 0.3) is 0 Å². The predicted molar refractivity (Wildman–Crippen MR) is 102 cm³/mol. The minimum Gasteiger partial charge on any atom is -0.496 e. The van der Waals surface area contributed by atoms with Gasteiger partial charge in [-0.1, -0.05) is 53.7 Å². The van der Waals surface area contributed by atoms with Crippen molar-refractivity contribution in [3.8, 4) is 17.1 Å². The van der Waals surface area contributed by atoms with Gasteiger partial charge in [-0.05, 0) is 6.07 Å². The van der Waals surface area contributed by atoms with E-state index < -0.39 is 0 Å². The van der Waals surface area contributed by atoms with Crippen LogP contribution < -0.4 is 15.4 Å². The van der Waals surface area contributed by atoms with Gasteiger partial charge in [-0.2, -0.15) is 0 Å². The zero-order valence-electron chi connectivity index (χ0n) is 14.9. The molecule has 0 saturated carbocycles. The highest BCUT2D eigenvalue weighted by Gasteiger charge is 2.08. The molecule has 0 aliphatic carbocycles. The molecule has 1 aromatic heterocycles. The zero-order valence-corrected chi connectivity index (χ0v) is 14.9. The monoisotopic (exact) mass is 350 g/mol. The van der Waals surface area contributed by atoms with Gasteiger partial charge in [-0.15, -0.1) is 0 Å². The molecular weight excluding hydrogens is 328 g/mol. The average molecular weight is 350 g/mol. The Kier molecular flexibility index (Phi) is 5.88. The van der Waals surface area contributed by atoms with Gasteiger partial charge in [0.15, 0.2) is 11.7 Å². The molecule has 3 aromatic rings. The van der Waals surface area contributed by atoms with Gasteiger partial charge in [0.2, 0.25) is 0 Å². The highest BCUT2D eigenvalue weighted by Crippen LogP contribution is 2.19. The average Bonchev–Trinajstić information content (AvgIpc) is 3.18. The number of methoxy groups -OCH3 is 1. The number of benzene rings is 2. The maximum Gasteiger partial charge on any atom is 0.191 e. The number of aromatic nitrogens is 1. The highest BCUT2D eigenvalue weighted by molar-refractivity contribution is 5.79. The Morgan fingerprint density at radius 3 is 2.54 bits per heavy atom. The van der Waals surface area contributed by atoms with E-state index in [2.05, 4.69) is 20.8 Å². The topological polar surface area (TPSA) is 71.7 Å². The lowest BCUT2D eigenvalue weighted by atomic mass is 10.2. The van der Waals surface area contributed by atoms with E-state index in [1.807, 2.05) is 60.7 Å². The van der Waals surface area contributed by atoms with Crippen molar-refractivity contribution in [2.24, 2.45) is 4.99 Å². The fourth-order valence-electron chi connectivity index (χ4n) is 2.56. The molecule has 0 spiro atoms. The van der Waals surface area contributed by atoms with Gasteiger partial charge in [-0.3, -0.25) is 4.99 Å². The molecular formula is C20H22N4O2. The van der Waals surface area contributed by atoms with E-state index in [1.165, 1.54) is 0 Å². The Labute approximate surface area is 152 Å². The Morgan fingerprint density at radius 2 is 1.77 bits per heavy atom. The molecule has 0 atom stereocenters. The normalized spacial score (nSPS) is 11.2. The van der Waals surface area contributed by atoms with Crippen LogP contribution in [0.25, 0.3) is 11.3 Å². The van der Waals surface area contributed by atoms with Crippen molar-refractivity contribution in [2.45, 2.75) is 13.1 Å². The van der Waals surface area contributed by atoms with Crippen LogP contribution in [0.3, 0.4) is 0 Å². The molecule has 0 unspecified atom stereocenters. The standard InChI is InChI=1S/C20H22N4O2/c1-21-20(22-13-16-10-6-7-11-18(16)25-2)23-14-17-12-19(26-24-17)15-8-4-3-5-9-15/h3-12H,13-14H2,1-2H3,(H2,21,22,23). The van der Waals surface area contributed by atoms with Crippen LogP contribution in [-0.2, 0) is 13.1 Å². The number of hydrogen-bond acceptors (Lipinski definition) is 4. The summed E-state index contributed by atoms with van der Waals surface area (Å²) in [5.41, 5.74) is 2.87. The summed E-state index contributed by atoms with van der Waals surface area (Å²) in [5.74, 6) is 2.28. The molecule has 26 heavy (non-hydrogen) atoms. The van der Waals surface area contributed by atoms with E-state index >= 15 is 0 Å². The van der Waals surface area contributed by atoms with E-state index in [1.54, 1.807) is 14.2 Å². The largest absolute Gasteiger partial charge is 0.496 e. The first-order chi connectivity index (χ1) is 12.8. The third-order valence-electron chi connectivity index (χ3n) is 3.92. The van der Waals surface area contributed by atoms with Crippen LogP contribution in [0.5, 0.6) is 5.75 Å². The van der Waals surface area contributed by atoms with Gasteiger partial charge in [0, 0.05) is 30.8 Å². The zero-order chi connectivity index (χ0) is 18.2. The molecule has 1 heterocycles. The first-order valence-corrected chi connectivity index (χ1v) is 8.37. The highest BCUT2D eigenvalue weighted by atomic mass is 16.5. The van der Waals surface area contributed by atoms with Crippen molar-refractivity contribution in [1.29, 1.82) is 0 Å². The van der Waals surface area contributed by atoms with Crippen molar-refractivity contribution >= 4 is 5.96 Å². The molecule has 6 heteroatoms. The summed E-state index contributed by atoms with van der Waals surface area (Å²) >= 11 is 0. The van der Waals surface area contributed by atoms with Crippen LogP contribution in [0.4, 0.5) is 0 Å². The molecule has 134 valence electrons. The number of guanidine groups is 1. The summed E-state index contributed by atoms with van der Waals surface area (Å²) in [6.07, 6.45) is 0. The molecule has 2 N–H and O–H groups in total. The molecule has 0 saturated heterocycles. The van der Waals surface area contributed by atoms with E-state index in [4.69, 9.17) is 9.26 Å². The van der Waals surface area contributed by atoms with Crippen LogP contribution in [0.1, 0.15) is 11.3 Å².